The standard InChI is InChI=1S/C14H19ClN2O2/c1-16-5-7-17(8-6-16)9-10-19-14-12(11-18)3-2-4-13(14)15/h2-4,11H,5-10H2,1H3. The molecule has 0 aliphatic carbocycles. The molecule has 0 bridgehead atoms. The number of piperazine rings is 1. The van der Waals surface area contributed by atoms with Crippen LogP contribution in [0.5, 0.6) is 5.75 Å². The number of aldehydes is 1. The Morgan fingerprint density at radius 3 is 2.74 bits per heavy atom. The maximum atomic E-state index is 10.9. The van der Waals surface area contributed by atoms with Gasteiger partial charge in [0, 0.05) is 32.7 Å². The number of nitrogens with zero attached hydrogens (tertiary/aromatic N) is 2. The monoisotopic (exact) mass is 282 g/mol. The van der Waals surface area contributed by atoms with Crippen molar-refractivity contribution in [3.8, 4) is 5.75 Å². The summed E-state index contributed by atoms with van der Waals surface area (Å²) in [6.45, 7) is 5.70. The highest BCUT2D eigenvalue weighted by Crippen LogP contribution is 2.27. The Balaban J connectivity index is 1.84. The highest BCUT2D eigenvalue weighted by molar-refractivity contribution is 6.32. The fourth-order valence-electron chi connectivity index (χ4n) is 2.12. The van der Waals surface area contributed by atoms with Gasteiger partial charge in [0.1, 0.15) is 12.4 Å². The van der Waals surface area contributed by atoms with Crippen LogP contribution < -0.4 is 4.74 Å². The van der Waals surface area contributed by atoms with E-state index in [1.165, 1.54) is 0 Å². The van der Waals surface area contributed by atoms with Gasteiger partial charge in [-0.15, -0.1) is 0 Å². The molecular weight excluding hydrogens is 264 g/mol. The second-order valence-electron chi connectivity index (χ2n) is 4.77. The number of ether oxygens (including phenoxy) is 1. The van der Waals surface area contributed by atoms with Gasteiger partial charge in [-0.2, -0.15) is 0 Å². The van der Waals surface area contributed by atoms with Crippen molar-refractivity contribution in [3.63, 3.8) is 0 Å². The number of hydrogen-bond acceptors (Lipinski definition) is 4. The first-order chi connectivity index (χ1) is 9.20. The van der Waals surface area contributed by atoms with Crippen molar-refractivity contribution in [3.05, 3.63) is 28.8 Å². The first-order valence-electron chi connectivity index (χ1n) is 6.48. The van der Waals surface area contributed by atoms with E-state index >= 15 is 0 Å². The molecular formula is C14H19ClN2O2. The van der Waals surface area contributed by atoms with Crippen LogP contribution >= 0.6 is 11.6 Å². The zero-order chi connectivity index (χ0) is 13.7. The van der Waals surface area contributed by atoms with Crippen molar-refractivity contribution in [2.24, 2.45) is 0 Å². The molecule has 2 rings (SSSR count). The normalized spacial score (nSPS) is 17.4. The van der Waals surface area contributed by atoms with Crippen LogP contribution in [0.25, 0.3) is 0 Å². The molecule has 0 radical (unpaired) electrons. The van der Waals surface area contributed by atoms with Gasteiger partial charge in [0.05, 0.1) is 10.6 Å². The summed E-state index contributed by atoms with van der Waals surface area (Å²) < 4.78 is 5.67. The average molecular weight is 283 g/mol. The fourth-order valence-corrected chi connectivity index (χ4v) is 2.36. The fraction of sp³-hybridized carbons (Fsp3) is 0.500. The Labute approximate surface area is 118 Å². The lowest BCUT2D eigenvalue weighted by Crippen LogP contribution is -2.45. The van der Waals surface area contributed by atoms with Gasteiger partial charge in [-0.3, -0.25) is 9.69 Å². The molecule has 0 unspecified atom stereocenters. The van der Waals surface area contributed by atoms with Crippen LogP contribution in [0.2, 0.25) is 5.02 Å². The lowest BCUT2D eigenvalue weighted by atomic mass is 10.2. The summed E-state index contributed by atoms with van der Waals surface area (Å²) in [5.74, 6) is 0.494. The van der Waals surface area contributed by atoms with Crippen LogP contribution in [0.3, 0.4) is 0 Å². The molecule has 0 atom stereocenters. The molecule has 0 spiro atoms. The Hall–Kier alpha value is -1.10. The maximum absolute atomic E-state index is 10.9. The number of hydrogen-bond donors (Lipinski definition) is 0. The lowest BCUT2D eigenvalue weighted by Gasteiger charge is -2.32. The summed E-state index contributed by atoms with van der Waals surface area (Å²) >= 11 is 6.04. The molecule has 1 fully saturated rings. The predicted molar refractivity (Wildman–Crippen MR) is 76.3 cm³/mol. The molecule has 1 heterocycles. The second kappa shape index (κ2) is 6.89. The number of likely N-dealkylation sites (N-methyl/N-ethyl adjacent to an activating group) is 1. The number of carbonyl (C=O) groups is 1. The molecule has 1 aliphatic rings. The predicted octanol–water partition coefficient (Wildman–Crippen LogP) is 1.78. The molecule has 4 nitrogen and oxygen atoms in total. The van der Waals surface area contributed by atoms with Crippen molar-refractivity contribution >= 4 is 17.9 Å². The van der Waals surface area contributed by atoms with Crippen molar-refractivity contribution in [2.75, 3.05) is 46.4 Å². The molecule has 104 valence electrons. The van der Waals surface area contributed by atoms with Gasteiger partial charge < -0.3 is 9.64 Å². The average Bonchev–Trinajstić information content (AvgIpc) is 2.42. The van der Waals surface area contributed by atoms with E-state index in [1.54, 1.807) is 18.2 Å². The van der Waals surface area contributed by atoms with Crippen molar-refractivity contribution < 1.29 is 9.53 Å². The zero-order valence-corrected chi connectivity index (χ0v) is 11.9. The summed E-state index contributed by atoms with van der Waals surface area (Å²) in [5.41, 5.74) is 0.505. The molecule has 5 heteroatoms. The minimum atomic E-state index is 0.489. The second-order valence-corrected chi connectivity index (χ2v) is 5.18. The number of benzene rings is 1. The summed E-state index contributed by atoms with van der Waals surface area (Å²) in [4.78, 5) is 15.6. The molecule has 0 saturated carbocycles. The van der Waals surface area contributed by atoms with Crippen LogP contribution in [0.1, 0.15) is 10.4 Å². The lowest BCUT2D eigenvalue weighted by molar-refractivity contribution is 0.111. The van der Waals surface area contributed by atoms with Crippen molar-refractivity contribution in [1.29, 1.82) is 0 Å². The topological polar surface area (TPSA) is 32.8 Å². The van der Waals surface area contributed by atoms with Crippen LogP contribution in [0.4, 0.5) is 0 Å². The molecule has 0 aromatic heterocycles. The van der Waals surface area contributed by atoms with Crippen LogP contribution in [-0.2, 0) is 0 Å². The van der Waals surface area contributed by atoms with Gasteiger partial charge >= 0.3 is 0 Å². The highest BCUT2D eigenvalue weighted by atomic mass is 35.5. The van der Waals surface area contributed by atoms with E-state index < -0.39 is 0 Å². The van der Waals surface area contributed by atoms with Gasteiger partial charge in [0.2, 0.25) is 0 Å². The molecule has 19 heavy (non-hydrogen) atoms. The van der Waals surface area contributed by atoms with E-state index in [9.17, 15) is 4.79 Å². The van der Waals surface area contributed by atoms with Crippen molar-refractivity contribution in [2.45, 2.75) is 0 Å². The quantitative estimate of drug-likeness (QED) is 0.771. The smallest absolute Gasteiger partial charge is 0.153 e. The first-order valence-corrected chi connectivity index (χ1v) is 6.86. The van der Waals surface area contributed by atoms with E-state index in [0.29, 0.717) is 22.9 Å². The Kier molecular flexibility index (Phi) is 5.19. The Morgan fingerprint density at radius 2 is 2.05 bits per heavy atom. The van der Waals surface area contributed by atoms with E-state index in [0.717, 1.165) is 39.0 Å². The van der Waals surface area contributed by atoms with Crippen LogP contribution in [0.15, 0.2) is 18.2 Å². The molecule has 0 amide bonds. The third-order valence-electron chi connectivity index (χ3n) is 3.37. The van der Waals surface area contributed by atoms with E-state index in [4.69, 9.17) is 16.3 Å². The first kappa shape index (κ1) is 14.3. The van der Waals surface area contributed by atoms with Gasteiger partial charge in [-0.1, -0.05) is 17.7 Å². The highest BCUT2D eigenvalue weighted by Gasteiger charge is 2.14. The molecule has 1 aliphatic heterocycles. The van der Waals surface area contributed by atoms with Gasteiger partial charge in [0.25, 0.3) is 0 Å². The van der Waals surface area contributed by atoms with E-state index in [-0.39, 0.29) is 0 Å². The number of halogens is 1. The summed E-state index contributed by atoms with van der Waals surface area (Å²) in [5, 5.41) is 0.489. The maximum Gasteiger partial charge on any atom is 0.153 e. The van der Waals surface area contributed by atoms with Crippen LogP contribution in [-0.4, -0.2) is 62.5 Å². The largest absolute Gasteiger partial charge is 0.490 e. The van der Waals surface area contributed by atoms with Gasteiger partial charge in [-0.05, 0) is 19.2 Å². The van der Waals surface area contributed by atoms with Gasteiger partial charge in [0.15, 0.2) is 6.29 Å². The Morgan fingerprint density at radius 1 is 1.32 bits per heavy atom. The van der Waals surface area contributed by atoms with Crippen molar-refractivity contribution in [1.82, 2.24) is 9.80 Å². The van der Waals surface area contributed by atoms with Gasteiger partial charge in [-0.25, -0.2) is 0 Å². The summed E-state index contributed by atoms with van der Waals surface area (Å²) in [6.07, 6.45) is 0.775. The minimum Gasteiger partial charge on any atom is -0.490 e. The Bertz CT molecular complexity index is 431. The number of para-hydroxylation sites is 1. The van der Waals surface area contributed by atoms with E-state index in [1.807, 2.05) is 0 Å². The summed E-state index contributed by atoms with van der Waals surface area (Å²) in [6, 6.07) is 5.20. The van der Waals surface area contributed by atoms with E-state index in [2.05, 4.69) is 16.8 Å². The SMILES string of the molecule is CN1CCN(CCOc2c(Cl)cccc2C=O)CC1. The molecule has 1 aromatic carbocycles. The molecule has 1 saturated heterocycles. The van der Waals surface area contributed by atoms with Crippen LogP contribution in [0, 0.1) is 0 Å². The minimum absolute atomic E-state index is 0.489. The zero-order valence-electron chi connectivity index (χ0n) is 11.1. The number of carbonyl (C=O) groups excluding carboxylic acids is 1. The third-order valence-corrected chi connectivity index (χ3v) is 3.67. The summed E-state index contributed by atoms with van der Waals surface area (Å²) in [7, 11) is 2.13. The molecule has 0 N–H and O–H groups in total. The number of rotatable bonds is 5. The third kappa shape index (κ3) is 3.93. The molecule has 1 aromatic rings.